The molecule has 8 heteroatoms. The summed E-state index contributed by atoms with van der Waals surface area (Å²) in [7, 11) is 0. The minimum Gasteiger partial charge on any atom is -0.369 e. The molecule has 0 saturated carbocycles. The van der Waals surface area contributed by atoms with Crippen LogP contribution in [-0.2, 0) is 19.3 Å². The minimum atomic E-state index is -0.331. The number of rotatable bonds is 5. The number of thiazole rings is 1. The zero-order chi connectivity index (χ0) is 18.8. The molecule has 4 rings (SSSR count). The molecule has 1 amide bonds. The number of fused-ring (bicyclic) bond motifs is 1. The number of amides is 1. The van der Waals surface area contributed by atoms with Gasteiger partial charge in [-0.15, -0.1) is 11.3 Å². The second kappa shape index (κ2) is 7.32. The largest absolute Gasteiger partial charge is 0.369 e. The quantitative estimate of drug-likeness (QED) is 0.625. The predicted octanol–water partition coefficient (Wildman–Crippen LogP) is 1.94. The molecule has 1 aromatic carbocycles. The molecule has 138 valence electrons. The van der Waals surface area contributed by atoms with Gasteiger partial charge in [-0.05, 0) is 31.4 Å². The molecule has 2 heterocycles. The van der Waals surface area contributed by atoms with E-state index in [1.54, 1.807) is 35.6 Å². The Balaban J connectivity index is 1.41. The van der Waals surface area contributed by atoms with E-state index in [4.69, 9.17) is 5.73 Å². The number of hydrogen-bond donors (Lipinski definition) is 3. The van der Waals surface area contributed by atoms with Gasteiger partial charge < -0.3 is 11.1 Å². The molecule has 2 aromatic heterocycles. The highest BCUT2D eigenvalue weighted by Crippen LogP contribution is 2.27. The van der Waals surface area contributed by atoms with Crippen molar-refractivity contribution in [3.05, 3.63) is 61.8 Å². The van der Waals surface area contributed by atoms with Gasteiger partial charge in [-0.1, -0.05) is 12.1 Å². The average molecular weight is 381 g/mol. The van der Waals surface area contributed by atoms with Crippen LogP contribution in [0.4, 0.5) is 5.95 Å². The van der Waals surface area contributed by atoms with E-state index in [0.717, 1.165) is 24.3 Å². The van der Waals surface area contributed by atoms with E-state index in [9.17, 15) is 9.59 Å². The standard InChI is InChI=1S/C19H19N5O2S/c20-19-23-14(10-16(25)24-19)11-3-1-4-12(9-11)18(26)21-8-7-17-22-13-5-2-6-15(13)27-17/h1,3-4,9-10H,2,5-8H2,(H,21,26)(H3,20,23,24,25). The predicted molar refractivity (Wildman–Crippen MR) is 105 cm³/mol. The number of benzene rings is 1. The van der Waals surface area contributed by atoms with Crippen molar-refractivity contribution in [1.82, 2.24) is 20.3 Å². The number of nitrogen functional groups attached to an aromatic ring is 1. The van der Waals surface area contributed by atoms with Gasteiger partial charge in [-0.2, -0.15) is 0 Å². The molecular weight excluding hydrogens is 362 g/mol. The molecule has 4 N–H and O–H groups in total. The molecule has 0 bridgehead atoms. The zero-order valence-electron chi connectivity index (χ0n) is 14.6. The van der Waals surface area contributed by atoms with Crippen molar-refractivity contribution in [2.24, 2.45) is 0 Å². The van der Waals surface area contributed by atoms with Crippen LogP contribution in [0.5, 0.6) is 0 Å². The van der Waals surface area contributed by atoms with Crippen molar-refractivity contribution in [1.29, 1.82) is 0 Å². The van der Waals surface area contributed by atoms with Crippen molar-refractivity contribution < 1.29 is 4.79 Å². The van der Waals surface area contributed by atoms with Gasteiger partial charge in [0.2, 0.25) is 5.95 Å². The summed E-state index contributed by atoms with van der Waals surface area (Å²) in [6, 6.07) is 8.33. The van der Waals surface area contributed by atoms with E-state index < -0.39 is 0 Å². The van der Waals surface area contributed by atoms with E-state index in [1.807, 2.05) is 0 Å². The van der Waals surface area contributed by atoms with Gasteiger partial charge in [-0.25, -0.2) is 9.97 Å². The lowest BCUT2D eigenvalue weighted by Gasteiger charge is -2.07. The topological polar surface area (TPSA) is 114 Å². The Morgan fingerprint density at radius 2 is 2.15 bits per heavy atom. The van der Waals surface area contributed by atoms with Crippen LogP contribution < -0.4 is 16.6 Å². The molecule has 1 aliphatic carbocycles. The number of anilines is 1. The van der Waals surface area contributed by atoms with Crippen LogP contribution in [0.3, 0.4) is 0 Å². The number of carbonyl (C=O) groups is 1. The third-order valence-corrected chi connectivity index (χ3v) is 5.66. The number of aromatic amines is 1. The third-order valence-electron chi connectivity index (χ3n) is 4.44. The summed E-state index contributed by atoms with van der Waals surface area (Å²) < 4.78 is 0. The fraction of sp³-hybridized carbons (Fsp3) is 0.263. The Morgan fingerprint density at radius 1 is 1.26 bits per heavy atom. The summed E-state index contributed by atoms with van der Waals surface area (Å²) in [5.74, 6) is -0.124. The van der Waals surface area contributed by atoms with Crippen molar-refractivity contribution in [3.63, 3.8) is 0 Å². The van der Waals surface area contributed by atoms with Gasteiger partial charge in [0.15, 0.2) is 0 Å². The first-order valence-corrected chi connectivity index (χ1v) is 9.63. The Bertz CT molecular complexity index is 1030. The maximum atomic E-state index is 12.5. The molecule has 0 unspecified atom stereocenters. The van der Waals surface area contributed by atoms with Crippen LogP contribution in [-0.4, -0.2) is 27.4 Å². The normalized spacial score (nSPS) is 12.7. The lowest BCUT2D eigenvalue weighted by Crippen LogP contribution is -2.25. The molecule has 0 radical (unpaired) electrons. The van der Waals surface area contributed by atoms with E-state index in [0.29, 0.717) is 23.4 Å². The summed E-state index contributed by atoms with van der Waals surface area (Å²) in [5, 5.41) is 4.01. The summed E-state index contributed by atoms with van der Waals surface area (Å²) in [6.07, 6.45) is 4.14. The van der Waals surface area contributed by atoms with Crippen LogP contribution in [0.2, 0.25) is 0 Å². The number of nitrogens with two attached hydrogens (primary N) is 1. The number of aromatic nitrogens is 3. The van der Waals surface area contributed by atoms with Gasteiger partial charge in [-0.3, -0.25) is 14.6 Å². The SMILES string of the molecule is Nc1nc(-c2cccc(C(=O)NCCc3nc4c(s3)CCC4)c2)cc(=O)[nH]1. The Labute approximate surface area is 159 Å². The lowest BCUT2D eigenvalue weighted by atomic mass is 10.1. The zero-order valence-corrected chi connectivity index (χ0v) is 15.4. The number of H-pyrrole nitrogens is 1. The van der Waals surface area contributed by atoms with Gasteiger partial charge >= 0.3 is 0 Å². The van der Waals surface area contributed by atoms with Gasteiger partial charge in [0.05, 0.1) is 16.4 Å². The highest BCUT2D eigenvalue weighted by Gasteiger charge is 2.16. The van der Waals surface area contributed by atoms with Gasteiger partial charge in [0.25, 0.3) is 11.5 Å². The summed E-state index contributed by atoms with van der Waals surface area (Å²) in [4.78, 5) is 36.6. The second-order valence-electron chi connectivity index (χ2n) is 6.43. The smallest absolute Gasteiger partial charge is 0.252 e. The lowest BCUT2D eigenvalue weighted by molar-refractivity contribution is 0.0954. The first-order chi connectivity index (χ1) is 13.1. The fourth-order valence-corrected chi connectivity index (χ4v) is 4.34. The third kappa shape index (κ3) is 3.90. The van der Waals surface area contributed by atoms with Crippen molar-refractivity contribution in [2.75, 3.05) is 12.3 Å². The minimum absolute atomic E-state index is 0.0442. The number of carbonyl (C=O) groups excluding carboxylic acids is 1. The molecule has 3 aromatic rings. The van der Waals surface area contributed by atoms with E-state index >= 15 is 0 Å². The Hall–Kier alpha value is -3.00. The van der Waals surface area contributed by atoms with Crippen LogP contribution >= 0.6 is 11.3 Å². The molecule has 1 aliphatic rings. The van der Waals surface area contributed by atoms with Gasteiger partial charge in [0.1, 0.15) is 0 Å². The molecule has 7 nitrogen and oxygen atoms in total. The highest BCUT2D eigenvalue weighted by atomic mass is 32.1. The maximum absolute atomic E-state index is 12.5. The van der Waals surface area contributed by atoms with Crippen molar-refractivity contribution in [2.45, 2.75) is 25.7 Å². The maximum Gasteiger partial charge on any atom is 0.252 e. The monoisotopic (exact) mass is 381 g/mol. The summed E-state index contributed by atoms with van der Waals surface area (Å²) in [5.41, 5.74) is 8.10. The van der Waals surface area contributed by atoms with Gasteiger partial charge in [0, 0.05) is 35.0 Å². The molecule has 0 saturated heterocycles. The van der Waals surface area contributed by atoms with Crippen molar-refractivity contribution >= 4 is 23.2 Å². The number of hydrogen-bond acceptors (Lipinski definition) is 6. The van der Waals surface area contributed by atoms with E-state index in [2.05, 4.69) is 20.3 Å². The van der Waals surface area contributed by atoms with Crippen LogP contribution in [0.25, 0.3) is 11.3 Å². The fourth-order valence-electron chi connectivity index (χ4n) is 3.18. The van der Waals surface area contributed by atoms with E-state index in [-0.39, 0.29) is 17.4 Å². The average Bonchev–Trinajstić information content (AvgIpc) is 3.22. The van der Waals surface area contributed by atoms with Crippen molar-refractivity contribution in [3.8, 4) is 11.3 Å². The molecule has 0 spiro atoms. The first-order valence-electron chi connectivity index (χ1n) is 8.81. The van der Waals surface area contributed by atoms with E-state index in [1.165, 1.54) is 23.1 Å². The molecule has 0 fully saturated rings. The summed E-state index contributed by atoms with van der Waals surface area (Å²) >= 11 is 1.76. The molecular formula is C19H19N5O2S. The number of aryl methyl sites for hydroxylation is 2. The second-order valence-corrected chi connectivity index (χ2v) is 7.60. The Morgan fingerprint density at radius 3 is 2.96 bits per heavy atom. The molecule has 27 heavy (non-hydrogen) atoms. The molecule has 0 atom stereocenters. The highest BCUT2D eigenvalue weighted by molar-refractivity contribution is 7.11. The molecule has 0 aliphatic heterocycles. The van der Waals surface area contributed by atoms with Crippen LogP contribution in [0, 0.1) is 0 Å². The van der Waals surface area contributed by atoms with Crippen LogP contribution in [0.1, 0.15) is 32.4 Å². The van der Waals surface area contributed by atoms with Crippen LogP contribution in [0.15, 0.2) is 35.1 Å². The number of nitrogens with zero attached hydrogens (tertiary/aromatic N) is 2. The summed E-state index contributed by atoms with van der Waals surface area (Å²) in [6.45, 7) is 0.533. The first kappa shape index (κ1) is 17.4. The number of nitrogens with one attached hydrogen (secondary N) is 2. The Kier molecular flexibility index (Phi) is 4.72.